The fourth-order valence-corrected chi connectivity index (χ4v) is 2.79. The second-order valence-electron chi connectivity index (χ2n) is 6.45. The molecule has 1 aliphatic rings. The predicted molar refractivity (Wildman–Crippen MR) is 84.1 cm³/mol. The van der Waals surface area contributed by atoms with Crippen LogP contribution in [0, 0.1) is 5.41 Å². The molecule has 0 atom stereocenters. The van der Waals surface area contributed by atoms with Crippen LogP contribution in [-0.2, 0) is 19.6 Å². The van der Waals surface area contributed by atoms with Crippen molar-refractivity contribution in [1.29, 1.82) is 0 Å². The van der Waals surface area contributed by atoms with E-state index in [0.29, 0.717) is 13.2 Å². The Balaban J connectivity index is 1.74. The molecule has 5 nitrogen and oxygen atoms in total. The number of hydrogen-bond acceptors (Lipinski definition) is 4. The van der Waals surface area contributed by atoms with Crippen molar-refractivity contribution in [3.05, 3.63) is 35.9 Å². The minimum atomic E-state index is 0.285. The molecule has 0 saturated heterocycles. The molecule has 5 heteroatoms. The van der Waals surface area contributed by atoms with E-state index >= 15 is 0 Å². The fourth-order valence-electron chi connectivity index (χ4n) is 2.79. The average molecular weight is 301 g/mol. The molecule has 3 rings (SSSR count). The maximum absolute atomic E-state index is 5.92. The van der Waals surface area contributed by atoms with Crippen molar-refractivity contribution < 1.29 is 9.47 Å². The van der Waals surface area contributed by atoms with Gasteiger partial charge in [0.25, 0.3) is 0 Å². The van der Waals surface area contributed by atoms with Gasteiger partial charge in [-0.1, -0.05) is 26.0 Å². The number of aryl methyl sites for hydroxylation is 1. The molecular weight excluding hydrogens is 278 g/mol. The van der Waals surface area contributed by atoms with Crippen LogP contribution in [0.15, 0.2) is 24.3 Å². The molecule has 2 aromatic rings. The van der Waals surface area contributed by atoms with E-state index < -0.39 is 0 Å². The Morgan fingerprint density at radius 3 is 2.59 bits per heavy atom. The second-order valence-corrected chi connectivity index (χ2v) is 6.45. The quantitative estimate of drug-likeness (QED) is 0.850. The Morgan fingerprint density at radius 2 is 1.86 bits per heavy atom. The summed E-state index contributed by atoms with van der Waals surface area (Å²) in [6.07, 6.45) is 2.13. The van der Waals surface area contributed by atoms with Crippen LogP contribution in [0.25, 0.3) is 0 Å². The number of benzene rings is 1. The van der Waals surface area contributed by atoms with E-state index in [1.54, 1.807) is 0 Å². The van der Waals surface area contributed by atoms with Crippen molar-refractivity contribution in [2.24, 2.45) is 5.41 Å². The summed E-state index contributed by atoms with van der Waals surface area (Å²) >= 11 is 0. The van der Waals surface area contributed by atoms with E-state index in [-0.39, 0.29) is 5.41 Å². The largest absolute Gasteiger partial charge is 0.490 e. The summed E-state index contributed by atoms with van der Waals surface area (Å²) in [4.78, 5) is 0. The number of fused-ring (bicyclic) bond motifs is 1. The second kappa shape index (κ2) is 5.99. The molecule has 0 bridgehead atoms. The lowest BCUT2D eigenvalue weighted by Gasteiger charge is -2.30. The summed E-state index contributed by atoms with van der Waals surface area (Å²) in [5.74, 6) is 3.46. The lowest BCUT2D eigenvalue weighted by atomic mass is 9.85. The third-order valence-corrected chi connectivity index (χ3v) is 4.02. The van der Waals surface area contributed by atoms with Crippen LogP contribution in [0.5, 0.6) is 11.5 Å². The van der Waals surface area contributed by atoms with Crippen LogP contribution >= 0.6 is 0 Å². The van der Waals surface area contributed by atoms with E-state index in [1.807, 2.05) is 31.2 Å². The Labute approximate surface area is 131 Å². The van der Waals surface area contributed by atoms with Crippen molar-refractivity contribution >= 4 is 0 Å². The number of aromatic nitrogens is 3. The highest BCUT2D eigenvalue weighted by atomic mass is 16.5. The molecule has 1 aliphatic heterocycles. The van der Waals surface area contributed by atoms with Crippen molar-refractivity contribution in [2.45, 2.75) is 46.8 Å². The van der Waals surface area contributed by atoms with E-state index in [2.05, 4.69) is 28.6 Å². The zero-order valence-electron chi connectivity index (χ0n) is 13.5. The summed E-state index contributed by atoms with van der Waals surface area (Å²) in [5.41, 5.74) is 0.285. The average Bonchev–Trinajstić information content (AvgIpc) is 2.87. The summed E-state index contributed by atoms with van der Waals surface area (Å²) < 4.78 is 13.7. The molecule has 0 saturated carbocycles. The van der Waals surface area contributed by atoms with E-state index in [1.165, 1.54) is 0 Å². The van der Waals surface area contributed by atoms with Gasteiger partial charge < -0.3 is 14.0 Å². The van der Waals surface area contributed by atoms with E-state index in [4.69, 9.17) is 9.47 Å². The molecule has 0 fully saturated rings. The monoisotopic (exact) mass is 301 g/mol. The summed E-state index contributed by atoms with van der Waals surface area (Å²) in [5, 5.41) is 8.60. The minimum Gasteiger partial charge on any atom is -0.490 e. The van der Waals surface area contributed by atoms with Crippen LogP contribution in [0.1, 0.15) is 38.8 Å². The molecule has 1 aromatic carbocycles. The van der Waals surface area contributed by atoms with Crippen LogP contribution < -0.4 is 9.47 Å². The van der Waals surface area contributed by atoms with Gasteiger partial charge >= 0.3 is 0 Å². The highest BCUT2D eigenvalue weighted by molar-refractivity contribution is 5.39. The molecule has 0 spiro atoms. The Hall–Kier alpha value is -2.04. The first-order valence-corrected chi connectivity index (χ1v) is 7.84. The molecule has 118 valence electrons. The normalized spacial score (nSPS) is 16.1. The Kier molecular flexibility index (Phi) is 4.05. The van der Waals surface area contributed by atoms with Gasteiger partial charge in [0.2, 0.25) is 0 Å². The summed E-state index contributed by atoms with van der Waals surface area (Å²) in [7, 11) is 0. The van der Waals surface area contributed by atoms with Crippen LogP contribution in [0.3, 0.4) is 0 Å². The van der Waals surface area contributed by atoms with Crippen molar-refractivity contribution in [1.82, 2.24) is 14.8 Å². The minimum absolute atomic E-state index is 0.285. The summed E-state index contributed by atoms with van der Waals surface area (Å²) in [6, 6.07) is 7.73. The third kappa shape index (κ3) is 3.08. The van der Waals surface area contributed by atoms with Crippen LogP contribution in [0.4, 0.5) is 0 Å². The molecule has 0 N–H and O–H groups in total. The highest BCUT2D eigenvalue weighted by Crippen LogP contribution is 2.31. The van der Waals surface area contributed by atoms with Gasteiger partial charge in [-0.3, -0.25) is 0 Å². The van der Waals surface area contributed by atoms with Gasteiger partial charge in [0.1, 0.15) is 12.4 Å². The van der Waals surface area contributed by atoms with E-state index in [9.17, 15) is 0 Å². The van der Waals surface area contributed by atoms with Gasteiger partial charge in [-0.2, -0.15) is 0 Å². The number of ether oxygens (including phenoxy) is 2. The zero-order chi connectivity index (χ0) is 15.6. The number of rotatable bonds is 5. The molecule has 0 unspecified atom stereocenters. The number of para-hydroxylation sites is 2. The molecule has 2 heterocycles. The van der Waals surface area contributed by atoms with Crippen molar-refractivity contribution in [2.75, 3.05) is 6.61 Å². The number of hydrogen-bond donors (Lipinski definition) is 0. The lowest BCUT2D eigenvalue weighted by molar-refractivity contribution is 0.223. The van der Waals surface area contributed by atoms with Gasteiger partial charge in [0, 0.05) is 13.0 Å². The zero-order valence-corrected chi connectivity index (χ0v) is 13.5. The molecular formula is C17H23N3O2. The van der Waals surface area contributed by atoms with Crippen molar-refractivity contribution in [3.8, 4) is 11.5 Å². The molecule has 1 aromatic heterocycles. The standard InChI is InChI=1S/C17H23N3O2/c1-4-21-13-7-5-6-8-14(13)22-11-16-19-18-15-9-10-17(2,3)12-20(15)16/h5-8H,4,9-12H2,1-3H3. The van der Waals surface area contributed by atoms with Crippen LogP contribution in [0.2, 0.25) is 0 Å². The smallest absolute Gasteiger partial charge is 0.171 e. The predicted octanol–water partition coefficient (Wildman–Crippen LogP) is 3.23. The lowest BCUT2D eigenvalue weighted by Crippen LogP contribution is -2.28. The molecule has 0 radical (unpaired) electrons. The number of nitrogens with zero attached hydrogens (tertiary/aromatic N) is 3. The Bertz CT molecular complexity index is 649. The maximum Gasteiger partial charge on any atom is 0.171 e. The van der Waals surface area contributed by atoms with Gasteiger partial charge in [0.05, 0.1) is 6.61 Å². The van der Waals surface area contributed by atoms with Crippen LogP contribution in [-0.4, -0.2) is 21.4 Å². The van der Waals surface area contributed by atoms with Gasteiger partial charge in [-0.25, -0.2) is 0 Å². The topological polar surface area (TPSA) is 49.2 Å². The van der Waals surface area contributed by atoms with Gasteiger partial charge in [0.15, 0.2) is 17.3 Å². The van der Waals surface area contributed by atoms with E-state index in [0.717, 1.165) is 42.5 Å². The van der Waals surface area contributed by atoms with Gasteiger partial charge in [-0.15, -0.1) is 10.2 Å². The summed E-state index contributed by atoms with van der Waals surface area (Å²) in [6.45, 7) is 8.51. The maximum atomic E-state index is 5.92. The van der Waals surface area contributed by atoms with Gasteiger partial charge in [-0.05, 0) is 30.9 Å². The third-order valence-electron chi connectivity index (χ3n) is 4.02. The first-order chi connectivity index (χ1) is 10.6. The fraction of sp³-hybridized carbons (Fsp3) is 0.529. The molecule has 0 aliphatic carbocycles. The molecule has 0 amide bonds. The molecule has 22 heavy (non-hydrogen) atoms. The van der Waals surface area contributed by atoms with Crippen molar-refractivity contribution in [3.63, 3.8) is 0 Å². The first kappa shape index (κ1) is 14.9. The Morgan fingerprint density at radius 1 is 1.14 bits per heavy atom. The first-order valence-electron chi connectivity index (χ1n) is 7.84. The highest BCUT2D eigenvalue weighted by Gasteiger charge is 2.28. The SMILES string of the molecule is CCOc1ccccc1OCc1nnc2n1CC(C)(C)CC2.